The fourth-order valence-corrected chi connectivity index (χ4v) is 3.36. The second-order valence-electron chi connectivity index (χ2n) is 6.19. The normalized spacial score (nSPS) is 21.4. The predicted molar refractivity (Wildman–Crippen MR) is 84.1 cm³/mol. The number of hydrogen-bond donors (Lipinski definition) is 1. The third kappa shape index (κ3) is 3.86. The summed E-state index contributed by atoms with van der Waals surface area (Å²) in [7, 11) is 0. The summed E-state index contributed by atoms with van der Waals surface area (Å²) in [5.41, 5.74) is 1.35. The Morgan fingerprint density at radius 1 is 1.40 bits per heavy atom. The predicted octanol–water partition coefficient (Wildman–Crippen LogP) is 3.81. The van der Waals surface area contributed by atoms with Gasteiger partial charge in [-0.2, -0.15) is 0 Å². The smallest absolute Gasteiger partial charge is 0.105 e. The third-order valence-electron chi connectivity index (χ3n) is 4.46. The van der Waals surface area contributed by atoms with Crippen molar-refractivity contribution in [2.75, 3.05) is 19.6 Å². The summed E-state index contributed by atoms with van der Waals surface area (Å²) in [4.78, 5) is 2.61. The zero-order valence-electron chi connectivity index (χ0n) is 13.5. The van der Waals surface area contributed by atoms with Gasteiger partial charge in [-0.05, 0) is 59.2 Å². The lowest BCUT2D eigenvalue weighted by atomic mass is 10.0. The first-order valence-corrected chi connectivity index (χ1v) is 8.16. The van der Waals surface area contributed by atoms with E-state index >= 15 is 0 Å². The molecule has 1 N–H and O–H groups in total. The number of nitrogens with one attached hydrogen (secondary N) is 1. The van der Waals surface area contributed by atoms with Crippen molar-refractivity contribution in [1.82, 2.24) is 10.2 Å². The van der Waals surface area contributed by atoms with Gasteiger partial charge >= 0.3 is 0 Å². The molecular formula is C17H30N2O. The topological polar surface area (TPSA) is 28.4 Å². The summed E-state index contributed by atoms with van der Waals surface area (Å²) >= 11 is 0. The number of piperidine rings is 1. The minimum Gasteiger partial charge on any atom is -0.466 e. The first-order valence-electron chi connectivity index (χ1n) is 8.16. The van der Waals surface area contributed by atoms with E-state index in [2.05, 4.69) is 37.1 Å². The van der Waals surface area contributed by atoms with Gasteiger partial charge in [0.1, 0.15) is 11.5 Å². The van der Waals surface area contributed by atoms with Crippen LogP contribution in [0.25, 0.3) is 0 Å². The summed E-state index contributed by atoms with van der Waals surface area (Å²) in [6.07, 6.45) is 5.22. The maximum atomic E-state index is 5.71. The Balaban J connectivity index is 2.04. The van der Waals surface area contributed by atoms with Gasteiger partial charge in [-0.25, -0.2) is 0 Å². The molecule has 2 rings (SSSR count). The van der Waals surface area contributed by atoms with Gasteiger partial charge in [0, 0.05) is 24.2 Å². The molecule has 1 saturated heterocycles. The van der Waals surface area contributed by atoms with Gasteiger partial charge in [0.15, 0.2) is 0 Å². The van der Waals surface area contributed by atoms with Crippen molar-refractivity contribution < 1.29 is 4.42 Å². The summed E-state index contributed by atoms with van der Waals surface area (Å²) in [6, 6.07) is 3.30. The van der Waals surface area contributed by atoms with Crippen molar-refractivity contribution in [3.8, 4) is 0 Å². The van der Waals surface area contributed by atoms with Crippen molar-refractivity contribution >= 4 is 0 Å². The lowest BCUT2D eigenvalue weighted by molar-refractivity contribution is 0.175. The second-order valence-corrected chi connectivity index (χ2v) is 6.19. The number of hydrogen-bond acceptors (Lipinski definition) is 3. The van der Waals surface area contributed by atoms with Crippen molar-refractivity contribution in [2.24, 2.45) is 0 Å². The zero-order valence-corrected chi connectivity index (χ0v) is 13.5. The van der Waals surface area contributed by atoms with E-state index in [-0.39, 0.29) is 0 Å². The summed E-state index contributed by atoms with van der Waals surface area (Å²) < 4.78 is 5.71. The lowest BCUT2D eigenvalue weighted by Crippen LogP contribution is -2.44. The Bertz CT molecular complexity index is 407. The molecule has 0 aromatic carbocycles. The van der Waals surface area contributed by atoms with Crippen LogP contribution in [-0.4, -0.2) is 30.6 Å². The molecule has 114 valence electrons. The first-order chi connectivity index (χ1) is 9.61. The van der Waals surface area contributed by atoms with Crippen LogP contribution in [0.4, 0.5) is 0 Å². The van der Waals surface area contributed by atoms with Crippen molar-refractivity contribution in [3.63, 3.8) is 0 Å². The number of aryl methyl sites for hydroxylation is 2. The Labute approximate surface area is 123 Å². The fourth-order valence-electron chi connectivity index (χ4n) is 3.36. The van der Waals surface area contributed by atoms with E-state index in [1.54, 1.807) is 0 Å². The second kappa shape index (κ2) is 7.28. The van der Waals surface area contributed by atoms with Gasteiger partial charge in [0.25, 0.3) is 0 Å². The van der Waals surface area contributed by atoms with Crippen molar-refractivity contribution in [3.05, 3.63) is 23.2 Å². The molecule has 3 nitrogen and oxygen atoms in total. The average Bonchev–Trinajstić information content (AvgIpc) is 2.77. The Kier molecular flexibility index (Phi) is 5.67. The maximum Gasteiger partial charge on any atom is 0.105 e. The molecule has 0 spiro atoms. The van der Waals surface area contributed by atoms with Gasteiger partial charge in [-0.3, -0.25) is 4.90 Å². The monoisotopic (exact) mass is 278 g/mol. The van der Waals surface area contributed by atoms with E-state index in [0.717, 1.165) is 24.6 Å². The van der Waals surface area contributed by atoms with Crippen LogP contribution in [0.5, 0.6) is 0 Å². The van der Waals surface area contributed by atoms with Crippen LogP contribution in [0, 0.1) is 13.8 Å². The minimum absolute atomic E-state index is 0.441. The van der Waals surface area contributed by atoms with Gasteiger partial charge in [0.2, 0.25) is 0 Å². The third-order valence-corrected chi connectivity index (χ3v) is 4.46. The number of furan rings is 1. The molecule has 1 aromatic heterocycles. The van der Waals surface area contributed by atoms with Gasteiger partial charge in [-0.15, -0.1) is 0 Å². The Morgan fingerprint density at radius 2 is 2.20 bits per heavy atom. The molecule has 3 heteroatoms. The van der Waals surface area contributed by atoms with Crippen LogP contribution < -0.4 is 5.32 Å². The van der Waals surface area contributed by atoms with E-state index in [1.807, 2.05) is 6.92 Å². The van der Waals surface area contributed by atoms with Crippen molar-refractivity contribution in [2.45, 2.75) is 65.5 Å². The molecule has 1 aliphatic heterocycles. The largest absolute Gasteiger partial charge is 0.466 e. The Morgan fingerprint density at radius 3 is 2.75 bits per heavy atom. The fraction of sp³-hybridized carbons (Fsp3) is 0.765. The minimum atomic E-state index is 0.441. The molecule has 2 heterocycles. The molecule has 2 atom stereocenters. The SMILES string of the molecule is CCCN(CC1CCCCN1)C(C)c1cc(C)oc1C. The molecule has 0 amide bonds. The number of nitrogens with zero attached hydrogens (tertiary/aromatic N) is 1. The molecule has 1 aliphatic rings. The zero-order chi connectivity index (χ0) is 14.5. The quantitative estimate of drug-likeness (QED) is 0.857. The van der Waals surface area contributed by atoms with E-state index in [0.29, 0.717) is 12.1 Å². The molecule has 0 bridgehead atoms. The molecule has 1 fully saturated rings. The van der Waals surface area contributed by atoms with E-state index < -0.39 is 0 Å². The van der Waals surface area contributed by atoms with E-state index in [9.17, 15) is 0 Å². The van der Waals surface area contributed by atoms with Crippen LogP contribution in [0.1, 0.15) is 62.7 Å². The molecule has 0 radical (unpaired) electrons. The molecule has 0 saturated carbocycles. The van der Waals surface area contributed by atoms with Crippen LogP contribution in [-0.2, 0) is 0 Å². The van der Waals surface area contributed by atoms with Gasteiger partial charge in [0.05, 0.1) is 0 Å². The van der Waals surface area contributed by atoms with Crippen LogP contribution in [0.15, 0.2) is 10.5 Å². The van der Waals surface area contributed by atoms with E-state index in [1.165, 1.54) is 37.8 Å². The van der Waals surface area contributed by atoms with E-state index in [4.69, 9.17) is 4.42 Å². The summed E-state index contributed by atoms with van der Waals surface area (Å²) in [5, 5.41) is 3.67. The lowest BCUT2D eigenvalue weighted by Gasteiger charge is -2.34. The molecule has 20 heavy (non-hydrogen) atoms. The van der Waals surface area contributed by atoms with Crippen LogP contribution in [0.2, 0.25) is 0 Å². The molecule has 1 aromatic rings. The molecule has 0 aliphatic carbocycles. The maximum absolute atomic E-state index is 5.71. The molecular weight excluding hydrogens is 248 g/mol. The summed E-state index contributed by atoms with van der Waals surface area (Å²) in [6.45, 7) is 12.2. The highest BCUT2D eigenvalue weighted by molar-refractivity contribution is 5.23. The average molecular weight is 278 g/mol. The van der Waals surface area contributed by atoms with Gasteiger partial charge in [-0.1, -0.05) is 13.3 Å². The molecule has 2 unspecified atom stereocenters. The highest BCUT2D eigenvalue weighted by Crippen LogP contribution is 2.27. The van der Waals surface area contributed by atoms with Crippen LogP contribution >= 0.6 is 0 Å². The van der Waals surface area contributed by atoms with Crippen LogP contribution in [0.3, 0.4) is 0 Å². The standard InChI is InChI=1S/C17H30N2O/c1-5-10-19(12-16-8-6-7-9-18-16)14(3)17-11-13(2)20-15(17)4/h11,14,16,18H,5-10,12H2,1-4H3. The highest BCUT2D eigenvalue weighted by atomic mass is 16.3. The summed E-state index contributed by atoms with van der Waals surface area (Å²) in [5.74, 6) is 2.10. The van der Waals surface area contributed by atoms with Gasteiger partial charge < -0.3 is 9.73 Å². The van der Waals surface area contributed by atoms with Crippen molar-refractivity contribution in [1.29, 1.82) is 0 Å². The first kappa shape index (κ1) is 15.6. The highest BCUT2D eigenvalue weighted by Gasteiger charge is 2.23. The Hall–Kier alpha value is -0.800. The number of rotatable bonds is 6.